The first-order valence-corrected chi connectivity index (χ1v) is 12.7. The molecule has 1 aromatic carbocycles. The first-order valence-electron chi connectivity index (χ1n) is 12.7. The number of amides is 2. The normalized spacial score (nSPS) is 27.0. The predicted octanol–water partition coefficient (Wildman–Crippen LogP) is 5.81. The van der Waals surface area contributed by atoms with Crippen molar-refractivity contribution in [2.75, 3.05) is 18.0 Å². The number of carbonyl (C=O) groups is 2. The third-order valence-electron chi connectivity index (χ3n) is 8.11. The molecule has 0 aromatic heterocycles. The third-order valence-corrected chi connectivity index (χ3v) is 8.11. The molecule has 3 fully saturated rings. The molecule has 0 radical (unpaired) electrons. The maximum atomic E-state index is 13.4. The number of nitrogens with zero attached hydrogens (tertiary/aromatic N) is 1. The van der Waals surface area contributed by atoms with Crippen molar-refractivity contribution in [1.29, 1.82) is 0 Å². The van der Waals surface area contributed by atoms with Crippen molar-refractivity contribution in [2.45, 2.75) is 90.4 Å². The summed E-state index contributed by atoms with van der Waals surface area (Å²) >= 11 is 0. The van der Waals surface area contributed by atoms with E-state index >= 15 is 0 Å². The van der Waals surface area contributed by atoms with Crippen LogP contribution >= 0.6 is 0 Å². The lowest BCUT2D eigenvalue weighted by molar-refractivity contribution is -0.127. The number of hydrogen-bond acceptors (Lipinski definition) is 2. The summed E-state index contributed by atoms with van der Waals surface area (Å²) in [6.07, 6.45) is 12.2. The summed E-state index contributed by atoms with van der Waals surface area (Å²) in [6.45, 7) is 5.86. The minimum atomic E-state index is -0.130. The Labute approximate surface area is 188 Å². The molecule has 4 heteroatoms. The number of carbonyl (C=O) groups excluding carboxylic acids is 2. The lowest BCUT2D eigenvalue weighted by atomic mass is 9.68. The van der Waals surface area contributed by atoms with Crippen molar-refractivity contribution in [3.63, 3.8) is 0 Å². The Morgan fingerprint density at radius 1 is 1.13 bits per heavy atom. The zero-order chi connectivity index (χ0) is 21.8. The molecule has 31 heavy (non-hydrogen) atoms. The molecular formula is C27H40N2O2. The van der Waals surface area contributed by atoms with E-state index in [4.69, 9.17) is 0 Å². The molecule has 4 nitrogen and oxygen atoms in total. The van der Waals surface area contributed by atoms with E-state index in [1.807, 2.05) is 4.90 Å². The van der Waals surface area contributed by atoms with E-state index in [2.05, 4.69) is 43.4 Å². The van der Waals surface area contributed by atoms with Crippen molar-refractivity contribution in [3.05, 3.63) is 29.8 Å². The van der Waals surface area contributed by atoms with E-state index in [9.17, 15) is 9.59 Å². The SMILES string of the molecule is CCCCNC(=O)C(C)CCC1CCC2(CC1)CCN(c1ccc(C3CC3)cc1)C2=O. The lowest BCUT2D eigenvalue weighted by Gasteiger charge is -2.36. The summed E-state index contributed by atoms with van der Waals surface area (Å²) in [6, 6.07) is 8.76. The maximum Gasteiger partial charge on any atom is 0.233 e. The van der Waals surface area contributed by atoms with Gasteiger partial charge in [-0.05, 0) is 93.7 Å². The van der Waals surface area contributed by atoms with E-state index in [0.29, 0.717) is 11.8 Å². The quantitative estimate of drug-likeness (QED) is 0.509. The van der Waals surface area contributed by atoms with Gasteiger partial charge < -0.3 is 10.2 Å². The van der Waals surface area contributed by atoms with Gasteiger partial charge in [0.25, 0.3) is 0 Å². The van der Waals surface area contributed by atoms with Gasteiger partial charge in [-0.2, -0.15) is 0 Å². The van der Waals surface area contributed by atoms with Gasteiger partial charge in [0.2, 0.25) is 11.8 Å². The van der Waals surface area contributed by atoms with Crippen LogP contribution in [0.1, 0.15) is 96.0 Å². The molecule has 3 aliphatic rings. The van der Waals surface area contributed by atoms with Gasteiger partial charge in [0.05, 0.1) is 5.41 Å². The molecule has 0 bridgehead atoms. The fraction of sp³-hybridized carbons (Fsp3) is 0.704. The number of hydrogen-bond donors (Lipinski definition) is 1. The molecule has 1 atom stereocenters. The molecule has 2 saturated carbocycles. The largest absolute Gasteiger partial charge is 0.356 e. The van der Waals surface area contributed by atoms with Gasteiger partial charge in [0.15, 0.2) is 0 Å². The molecule has 1 aromatic rings. The summed E-state index contributed by atoms with van der Waals surface area (Å²) in [7, 11) is 0. The zero-order valence-corrected chi connectivity index (χ0v) is 19.5. The molecule has 4 rings (SSSR count). The Hall–Kier alpha value is -1.84. The predicted molar refractivity (Wildman–Crippen MR) is 126 cm³/mol. The fourth-order valence-electron chi connectivity index (χ4n) is 5.57. The molecule has 1 N–H and O–H groups in total. The topological polar surface area (TPSA) is 49.4 Å². The van der Waals surface area contributed by atoms with Crippen LogP contribution in [-0.4, -0.2) is 24.9 Å². The second kappa shape index (κ2) is 9.75. The number of rotatable bonds is 9. The molecule has 1 spiro atoms. The van der Waals surface area contributed by atoms with Crippen LogP contribution in [-0.2, 0) is 9.59 Å². The minimum Gasteiger partial charge on any atom is -0.356 e. The standard InChI is InChI=1S/C27H40N2O2/c1-3-4-18-28-25(30)20(2)5-6-21-13-15-27(16-14-21)17-19-29(26(27)31)24-11-9-23(10-12-24)22-7-8-22/h9-12,20-22H,3-8,13-19H2,1-2H3,(H,28,30). The van der Waals surface area contributed by atoms with Crippen LogP contribution in [0.2, 0.25) is 0 Å². The molecule has 2 amide bonds. The monoisotopic (exact) mass is 424 g/mol. The fourth-order valence-corrected chi connectivity index (χ4v) is 5.57. The molecule has 1 unspecified atom stereocenters. The van der Waals surface area contributed by atoms with E-state index in [-0.39, 0.29) is 17.2 Å². The average Bonchev–Trinajstić information content (AvgIpc) is 3.60. The Morgan fingerprint density at radius 2 is 1.84 bits per heavy atom. The highest BCUT2D eigenvalue weighted by Gasteiger charge is 2.48. The Bertz CT molecular complexity index is 760. The number of nitrogens with one attached hydrogen (secondary N) is 1. The van der Waals surface area contributed by atoms with Gasteiger partial charge in [-0.25, -0.2) is 0 Å². The molecular weight excluding hydrogens is 384 g/mol. The van der Waals surface area contributed by atoms with Gasteiger partial charge in [-0.1, -0.05) is 32.4 Å². The van der Waals surface area contributed by atoms with Crippen molar-refractivity contribution >= 4 is 17.5 Å². The van der Waals surface area contributed by atoms with Gasteiger partial charge in [0, 0.05) is 24.7 Å². The van der Waals surface area contributed by atoms with Gasteiger partial charge in [-0.15, -0.1) is 0 Å². The molecule has 2 aliphatic carbocycles. The van der Waals surface area contributed by atoms with Crippen molar-refractivity contribution in [1.82, 2.24) is 5.32 Å². The average molecular weight is 425 g/mol. The number of benzene rings is 1. The van der Waals surface area contributed by atoms with Crippen LogP contribution in [0.15, 0.2) is 24.3 Å². The summed E-state index contributed by atoms with van der Waals surface area (Å²) in [5.41, 5.74) is 2.38. The summed E-state index contributed by atoms with van der Waals surface area (Å²) in [4.78, 5) is 27.6. The second-order valence-corrected chi connectivity index (χ2v) is 10.4. The molecule has 170 valence electrons. The molecule has 1 heterocycles. The van der Waals surface area contributed by atoms with Gasteiger partial charge >= 0.3 is 0 Å². The van der Waals surface area contributed by atoms with Crippen molar-refractivity contribution in [2.24, 2.45) is 17.3 Å². The maximum absolute atomic E-state index is 13.4. The van der Waals surface area contributed by atoms with Crippen LogP contribution < -0.4 is 10.2 Å². The van der Waals surface area contributed by atoms with Crippen LogP contribution in [0, 0.1) is 17.3 Å². The second-order valence-electron chi connectivity index (χ2n) is 10.4. The van der Waals surface area contributed by atoms with E-state index in [1.165, 1.54) is 18.4 Å². The highest BCUT2D eigenvalue weighted by molar-refractivity contribution is 6.00. The first-order chi connectivity index (χ1) is 15.0. The number of anilines is 1. The van der Waals surface area contributed by atoms with Crippen molar-refractivity contribution < 1.29 is 9.59 Å². The van der Waals surface area contributed by atoms with Crippen LogP contribution in [0.5, 0.6) is 0 Å². The van der Waals surface area contributed by atoms with E-state index in [1.54, 1.807) is 0 Å². The lowest BCUT2D eigenvalue weighted by Crippen LogP contribution is -2.37. The van der Waals surface area contributed by atoms with Crippen LogP contribution in [0.4, 0.5) is 5.69 Å². The zero-order valence-electron chi connectivity index (χ0n) is 19.5. The highest BCUT2D eigenvalue weighted by atomic mass is 16.2. The van der Waals surface area contributed by atoms with Crippen LogP contribution in [0.25, 0.3) is 0 Å². The minimum absolute atomic E-state index is 0.0926. The Kier molecular flexibility index (Phi) is 7.03. The highest BCUT2D eigenvalue weighted by Crippen LogP contribution is 2.48. The number of unbranched alkanes of at least 4 members (excludes halogenated alkanes) is 1. The third kappa shape index (κ3) is 5.15. The first kappa shape index (κ1) is 22.4. The summed E-state index contributed by atoms with van der Waals surface area (Å²) < 4.78 is 0. The van der Waals surface area contributed by atoms with Crippen LogP contribution in [0.3, 0.4) is 0 Å². The molecule has 1 aliphatic heterocycles. The van der Waals surface area contributed by atoms with Crippen molar-refractivity contribution in [3.8, 4) is 0 Å². The smallest absolute Gasteiger partial charge is 0.233 e. The van der Waals surface area contributed by atoms with Gasteiger partial charge in [-0.3, -0.25) is 9.59 Å². The van der Waals surface area contributed by atoms with Gasteiger partial charge in [0.1, 0.15) is 0 Å². The summed E-state index contributed by atoms with van der Waals surface area (Å²) in [5.74, 6) is 2.07. The molecule has 1 saturated heterocycles. The van der Waals surface area contributed by atoms with E-state index < -0.39 is 0 Å². The van der Waals surface area contributed by atoms with E-state index in [0.717, 1.165) is 82.5 Å². The Balaban J connectivity index is 1.24. The summed E-state index contributed by atoms with van der Waals surface area (Å²) in [5, 5.41) is 3.06. The Morgan fingerprint density at radius 3 is 2.48 bits per heavy atom.